The van der Waals surface area contributed by atoms with Gasteiger partial charge in [-0.15, -0.1) is 0 Å². The second-order valence-corrected chi connectivity index (χ2v) is 8.66. The molecule has 1 unspecified atom stereocenters. The van der Waals surface area contributed by atoms with E-state index in [0.717, 1.165) is 12.8 Å². The number of hydrogen-bond acceptors (Lipinski definition) is 4. The predicted molar refractivity (Wildman–Crippen MR) is 107 cm³/mol. The summed E-state index contributed by atoms with van der Waals surface area (Å²) in [6, 6.07) is 0. The average Bonchev–Trinajstić information content (AvgIpc) is 2.54. The second-order valence-electron chi connectivity index (χ2n) is 7.42. The van der Waals surface area contributed by atoms with Gasteiger partial charge in [0.2, 0.25) is 0 Å². The number of hydrogen-bond donors (Lipinski definition) is 3. The van der Waals surface area contributed by atoms with Crippen molar-refractivity contribution in [1.29, 1.82) is 0 Å². The smallest absolute Gasteiger partial charge is 0.392 e. The van der Waals surface area contributed by atoms with E-state index in [1.807, 2.05) is 11.9 Å². The maximum Gasteiger partial charge on any atom is 0.469 e. The summed E-state index contributed by atoms with van der Waals surface area (Å²) >= 11 is 0. The summed E-state index contributed by atoms with van der Waals surface area (Å²) in [5.41, 5.74) is 0. The van der Waals surface area contributed by atoms with Crippen LogP contribution in [0, 0.1) is 0 Å². The van der Waals surface area contributed by atoms with Crippen LogP contribution >= 0.6 is 7.82 Å². The quantitative estimate of drug-likeness (QED) is 0.221. The first-order valence-corrected chi connectivity index (χ1v) is 11.9. The van der Waals surface area contributed by atoms with Crippen LogP contribution < -0.4 is 0 Å². The van der Waals surface area contributed by atoms with Gasteiger partial charge >= 0.3 is 7.82 Å². The molecule has 0 rings (SSSR count). The summed E-state index contributed by atoms with van der Waals surface area (Å²) in [5.74, 6) is 0. The molecule has 0 spiro atoms. The first-order valence-electron chi connectivity index (χ1n) is 10.4. The van der Waals surface area contributed by atoms with E-state index < -0.39 is 13.9 Å². The molecule has 0 heterocycles. The molecule has 3 N–H and O–H groups in total. The highest BCUT2D eigenvalue weighted by molar-refractivity contribution is 7.46. The molecule has 6 nitrogen and oxygen atoms in total. The van der Waals surface area contributed by atoms with Gasteiger partial charge in [-0.1, -0.05) is 84.0 Å². The van der Waals surface area contributed by atoms with Crippen LogP contribution in [-0.2, 0) is 9.09 Å². The highest BCUT2D eigenvalue weighted by Crippen LogP contribution is 2.35. The SMILES string of the molecule is CCCCCCCCCCCCCCC(O)CN(C)CCOP(=O)(O)O. The Bertz CT molecular complexity index is 351. The van der Waals surface area contributed by atoms with Gasteiger partial charge < -0.3 is 19.8 Å². The Balaban J connectivity index is 3.35. The van der Waals surface area contributed by atoms with Crippen molar-refractivity contribution >= 4 is 7.82 Å². The molecule has 0 aromatic rings. The lowest BCUT2D eigenvalue weighted by molar-refractivity contribution is 0.102. The first kappa shape index (κ1) is 26.0. The fraction of sp³-hybridized carbons (Fsp3) is 1.00. The Labute approximate surface area is 160 Å². The van der Waals surface area contributed by atoms with Crippen molar-refractivity contribution in [2.24, 2.45) is 0 Å². The third kappa shape index (κ3) is 20.3. The zero-order valence-electron chi connectivity index (χ0n) is 16.9. The number of phosphoric acid groups is 1. The van der Waals surface area contributed by atoms with Crippen molar-refractivity contribution in [3.8, 4) is 0 Å². The molecule has 0 saturated carbocycles. The van der Waals surface area contributed by atoms with Crippen LogP contribution in [0.25, 0.3) is 0 Å². The zero-order valence-corrected chi connectivity index (χ0v) is 17.8. The lowest BCUT2D eigenvalue weighted by atomic mass is 10.0. The first-order chi connectivity index (χ1) is 12.3. The minimum atomic E-state index is -4.39. The Hall–Kier alpha value is 0.0300. The number of aliphatic hydroxyl groups excluding tert-OH is 1. The topological polar surface area (TPSA) is 90.2 Å². The van der Waals surface area contributed by atoms with Gasteiger partial charge in [0.25, 0.3) is 0 Å². The highest BCUT2D eigenvalue weighted by Gasteiger charge is 2.14. The molecule has 0 aromatic heterocycles. The predicted octanol–water partition coefficient (Wildman–Crippen LogP) is 4.48. The Kier molecular flexibility index (Phi) is 17.2. The van der Waals surface area contributed by atoms with Gasteiger partial charge in [-0.25, -0.2) is 4.57 Å². The molecule has 0 amide bonds. The number of phosphoric ester groups is 1. The van der Waals surface area contributed by atoms with E-state index in [1.165, 1.54) is 70.6 Å². The standard InChI is InChI=1S/C19H42NO5P/c1-3-4-5-6-7-8-9-10-11-12-13-14-15-19(21)18-20(2)16-17-25-26(22,23)24/h19,21H,3-18H2,1-2H3,(H2,22,23,24). The van der Waals surface area contributed by atoms with Crippen LogP contribution in [0.15, 0.2) is 0 Å². The third-order valence-electron chi connectivity index (χ3n) is 4.65. The van der Waals surface area contributed by atoms with E-state index in [4.69, 9.17) is 9.79 Å². The largest absolute Gasteiger partial charge is 0.469 e. The van der Waals surface area contributed by atoms with Gasteiger partial charge in [-0.2, -0.15) is 0 Å². The number of aliphatic hydroxyl groups is 1. The van der Waals surface area contributed by atoms with Crippen LogP contribution in [0.3, 0.4) is 0 Å². The van der Waals surface area contributed by atoms with Crippen molar-refractivity contribution in [2.75, 3.05) is 26.7 Å². The van der Waals surface area contributed by atoms with Crippen LogP contribution in [0.2, 0.25) is 0 Å². The molecule has 0 aliphatic rings. The molecule has 1 atom stereocenters. The number of nitrogens with zero attached hydrogens (tertiary/aromatic N) is 1. The molecule has 0 aliphatic carbocycles. The summed E-state index contributed by atoms with van der Waals surface area (Å²) in [6.45, 7) is 3.11. The van der Waals surface area contributed by atoms with Gasteiger partial charge in [0.05, 0.1) is 12.7 Å². The number of likely N-dealkylation sites (N-methyl/N-ethyl adjacent to an activating group) is 1. The molecule has 0 aliphatic heterocycles. The van der Waals surface area contributed by atoms with Crippen molar-refractivity contribution in [3.05, 3.63) is 0 Å². The van der Waals surface area contributed by atoms with Crippen LogP contribution in [-0.4, -0.2) is 52.6 Å². The lowest BCUT2D eigenvalue weighted by Gasteiger charge is -2.20. The third-order valence-corrected chi connectivity index (χ3v) is 5.16. The second kappa shape index (κ2) is 17.2. The van der Waals surface area contributed by atoms with E-state index in [2.05, 4.69) is 11.4 Å². The number of rotatable bonds is 19. The molecule has 26 heavy (non-hydrogen) atoms. The summed E-state index contributed by atoms with van der Waals surface area (Å²) < 4.78 is 15.0. The lowest BCUT2D eigenvalue weighted by Crippen LogP contribution is -2.31. The van der Waals surface area contributed by atoms with Crippen molar-refractivity contribution in [3.63, 3.8) is 0 Å². The van der Waals surface area contributed by atoms with Crippen LogP contribution in [0.1, 0.15) is 90.4 Å². The Morgan fingerprint density at radius 2 is 1.35 bits per heavy atom. The van der Waals surface area contributed by atoms with E-state index in [1.54, 1.807) is 0 Å². The normalized spacial score (nSPS) is 13.5. The maximum absolute atomic E-state index is 10.6. The monoisotopic (exact) mass is 395 g/mol. The summed E-state index contributed by atoms with van der Waals surface area (Å²) in [4.78, 5) is 19.1. The van der Waals surface area contributed by atoms with Gasteiger partial charge in [-0.05, 0) is 13.5 Å². The minimum absolute atomic E-state index is 0.0356. The molecular weight excluding hydrogens is 353 g/mol. The molecular formula is C19H42NO5P. The minimum Gasteiger partial charge on any atom is -0.392 e. The summed E-state index contributed by atoms with van der Waals surface area (Å²) in [5, 5.41) is 10.0. The highest BCUT2D eigenvalue weighted by atomic mass is 31.2. The fourth-order valence-corrected chi connectivity index (χ4v) is 3.40. The van der Waals surface area contributed by atoms with E-state index in [-0.39, 0.29) is 6.61 Å². The molecule has 0 saturated heterocycles. The average molecular weight is 396 g/mol. The Morgan fingerprint density at radius 3 is 1.81 bits per heavy atom. The van der Waals surface area contributed by atoms with Crippen molar-refractivity contribution < 1.29 is 24.0 Å². The molecule has 0 fully saturated rings. The molecule has 7 heteroatoms. The molecule has 158 valence electrons. The Morgan fingerprint density at radius 1 is 0.885 bits per heavy atom. The van der Waals surface area contributed by atoms with Gasteiger partial charge in [-0.3, -0.25) is 4.52 Å². The van der Waals surface area contributed by atoms with Gasteiger partial charge in [0.15, 0.2) is 0 Å². The van der Waals surface area contributed by atoms with Crippen LogP contribution in [0.5, 0.6) is 0 Å². The van der Waals surface area contributed by atoms with Gasteiger partial charge in [0.1, 0.15) is 0 Å². The molecule has 0 radical (unpaired) electrons. The van der Waals surface area contributed by atoms with Crippen molar-refractivity contribution in [1.82, 2.24) is 4.90 Å². The number of unbranched alkanes of at least 4 members (excludes halogenated alkanes) is 11. The molecule has 0 bridgehead atoms. The van der Waals surface area contributed by atoms with Crippen LogP contribution in [0.4, 0.5) is 0 Å². The van der Waals surface area contributed by atoms with Gasteiger partial charge in [0, 0.05) is 13.1 Å². The maximum atomic E-state index is 10.6. The van der Waals surface area contributed by atoms with E-state index >= 15 is 0 Å². The summed E-state index contributed by atoms with van der Waals surface area (Å²) in [7, 11) is -2.57. The van der Waals surface area contributed by atoms with E-state index in [0.29, 0.717) is 13.1 Å². The zero-order chi connectivity index (χ0) is 19.7. The fourth-order valence-electron chi connectivity index (χ4n) is 3.08. The summed E-state index contributed by atoms with van der Waals surface area (Å²) in [6.07, 6.45) is 16.1. The molecule has 0 aromatic carbocycles. The van der Waals surface area contributed by atoms with E-state index in [9.17, 15) is 9.67 Å². The van der Waals surface area contributed by atoms with Crippen molar-refractivity contribution in [2.45, 2.75) is 96.5 Å².